The molecule has 2 rings (SSSR count). The third kappa shape index (κ3) is 3.09. The number of nitrogens with one attached hydrogen (secondary N) is 1. The van der Waals surface area contributed by atoms with Crippen molar-refractivity contribution in [2.24, 2.45) is 0 Å². The van der Waals surface area contributed by atoms with Gasteiger partial charge in [0.15, 0.2) is 5.76 Å². The van der Waals surface area contributed by atoms with Gasteiger partial charge in [-0.05, 0) is 25.0 Å². The Morgan fingerprint density at radius 2 is 2.12 bits per heavy atom. The van der Waals surface area contributed by atoms with Crippen LogP contribution in [0, 0.1) is 0 Å². The second-order valence-electron chi connectivity index (χ2n) is 4.80. The molecule has 1 aromatic heterocycles. The first-order chi connectivity index (χ1) is 8.16. The van der Waals surface area contributed by atoms with E-state index in [1.807, 2.05) is 11.0 Å². The van der Waals surface area contributed by atoms with Gasteiger partial charge in [-0.15, -0.1) is 0 Å². The third-order valence-corrected chi connectivity index (χ3v) is 2.95. The molecule has 17 heavy (non-hydrogen) atoms. The maximum Gasteiger partial charge on any atom is 0.289 e. The zero-order valence-electron chi connectivity index (χ0n) is 10.5. The van der Waals surface area contributed by atoms with E-state index in [0.29, 0.717) is 18.3 Å². The average molecular weight is 236 g/mol. The molecule has 4 nitrogen and oxygen atoms in total. The smallest absolute Gasteiger partial charge is 0.289 e. The maximum atomic E-state index is 12.0. The fraction of sp³-hybridized carbons (Fsp3) is 0.615. The van der Waals surface area contributed by atoms with Crippen molar-refractivity contribution in [3.63, 3.8) is 0 Å². The highest BCUT2D eigenvalue weighted by atomic mass is 16.4. The normalized spacial score (nSPS) is 15.8. The van der Waals surface area contributed by atoms with Gasteiger partial charge in [-0.3, -0.25) is 4.79 Å². The van der Waals surface area contributed by atoms with Gasteiger partial charge in [-0.25, -0.2) is 0 Å². The second kappa shape index (κ2) is 5.36. The molecule has 2 heterocycles. The van der Waals surface area contributed by atoms with E-state index in [-0.39, 0.29) is 5.91 Å². The van der Waals surface area contributed by atoms with Crippen molar-refractivity contribution in [3.05, 3.63) is 23.7 Å². The van der Waals surface area contributed by atoms with Crippen LogP contribution < -0.4 is 5.32 Å². The number of rotatable bonds is 4. The van der Waals surface area contributed by atoms with Crippen molar-refractivity contribution >= 4 is 5.91 Å². The zero-order chi connectivity index (χ0) is 12.3. The van der Waals surface area contributed by atoms with Crippen LogP contribution in [-0.2, 0) is 6.54 Å². The van der Waals surface area contributed by atoms with Gasteiger partial charge in [0.25, 0.3) is 5.91 Å². The third-order valence-electron chi connectivity index (χ3n) is 2.95. The van der Waals surface area contributed by atoms with Crippen LogP contribution in [0.2, 0.25) is 0 Å². The minimum Gasteiger partial charge on any atom is -0.455 e. The van der Waals surface area contributed by atoms with Gasteiger partial charge < -0.3 is 14.6 Å². The van der Waals surface area contributed by atoms with Crippen molar-refractivity contribution < 1.29 is 9.21 Å². The van der Waals surface area contributed by atoms with Gasteiger partial charge in [-0.2, -0.15) is 0 Å². The number of nitrogens with zero attached hydrogens (tertiary/aromatic N) is 1. The molecule has 1 aromatic rings. The van der Waals surface area contributed by atoms with Crippen LogP contribution in [0.5, 0.6) is 0 Å². The average Bonchev–Trinajstić information content (AvgIpc) is 2.97. The molecule has 1 aliphatic heterocycles. The van der Waals surface area contributed by atoms with E-state index >= 15 is 0 Å². The van der Waals surface area contributed by atoms with Crippen LogP contribution in [0.15, 0.2) is 16.5 Å². The number of hydrogen-bond acceptors (Lipinski definition) is 3. The molecule has 1 amide bonds. The van der Waals surface area contributed by atoms with Gasteiger partial charge in [0.05, 0.1) is 6.54 Å². The van der Waals surface area contributed by atoms with Gasteiger partial charge in [0.1, 0.15) is 5.76 Å². The van der Waals surface area contributed by atoms with Crippen LogP contribution in [0.3, 0.4) is 0 Å². The van der Waals surface area contributed by atoms with Crippen LogP contribution in [0.25, 0.3) is 0 Å². The molecule has 0 atom stereocenters. The summed E-state index contributed by atoms with van der Waals surface area (Å²) >= 11 is 0. The Balaban J connectivity index is 1.95. The van der Waals surface area contributed by atoms with E-state index in [1.165, 1.54) is 0 Å². The largest absolute Gasteiger partial charge is 0.455 e. The lowest BCUT2D eigenvalue weighted by molar-refractivity contribution is 0.0759. The Kier molecular flexibility index (Phi) is 3.84. The van der Waals surface area contributed by atoms with Crippen LogP contribution in [0.4, 0.5) is 0 Å². The molecule has 0 radical (unpaired) electrons. The molecule has 4 heteroatoms. The van der Waals surface area contributed by atoms with E-state index in [0.717, 1.165) is 31.7 Å². The molecule has 0 aromatic carbocycles. The van der Waals surface area contributed by atoms with Gasteiger partial charge in [-0.1, -0.05) is 13.8 Å². The molecule has 0 unspecified atom stereocenters. The highest BCUT2D eigenvalue weighted by molar-refractivity contribution is 5.91. The Morgan fingerprint density at radius 3 is 2.76 bits per heavy atom. The Labute approximate surface area is 102 Å². The molecule has 1 fully saturated rings. The molecule has 1 saturated heterocycles. The van der Waals surface area contributed by atoms with Crippen LogP contribution in [-0.4, -0.2) is 29.9 Å². The lowest BCUT2D eigenvalue weighted by Gasteiger charge is -2.12. The van der Waals surface area contributed by atoms with Crippen LogP contribution >= 0.6 is 0 Å². The summed E-state index contributed by atoms with van der Waals surface area (Å²) in [7, 11) is 0. The highest BCUT2D eigenvalue weighted by Crippen LogP contribution is 2.15. The standard InChI is InChI=1S/C13H20N2O2/c1-10(2)14-9-11-5-6-12(17-11)13(16)15-7-3-4-8-15/h5-6,10,14H,3-4,7-9H2,1-2H3. The zero-order valence-corrected chi connectivity index (χ0v) is 10.5. The second-order valence-corrected chi connectivity index (χ2v) is 4.80. The van der Waals surface area contributed by atoms with Gasteiger partial charge >= 0.3 is 0 Å². The number of furan rings is 1. The van der Waals surface area contributed by atoms with Crippen molar-refractivity contribution in [2.75, 3.05) is 13.1 Å². The predicted octanol–water partition coefficient (Wildman–Crippen LogP) is 2.01. The summed E-state index contributed by atoms with van der Waals surface area (Å²) in [5.41, 5.74) is 0. The first-order valence-electron chi connectivity index (χ1n) is 6.28. The molecule has 0 aliphatic carbocycles. The van der Waals surface area contributed by atoms with Gasteiger partial charge in [0, 0.05) is 19.1 Å². The summed E-state index contributed by atoms with van der Waals surface area (Å²) in [5.74, 6) is 1.31. The molecule has 1 N–H and O–H groups in total. The summed E-state index contributed by atoms with van der Waals surface area (Å²) in [4.78, 5) is 13.9. The van der Waals surface area contributed by atoms with E-state index in [4.69, 9.17) is 4.42 Å². The quantitative estimate of drug-likeness (QED) is 0.869. The van der Waals surface area contributed by atoms with Crippen molar-refractivity contribution in [1.29, 1.82) is 0 Å². The van der Waals surface area contributed by atoms with E-state index in [2.05, 4.69) is 19.2 Å². The molecule has 0 saturated carbocycles. The van der Waals surface area contributed by atoms with E-state index < -0.39 is 0 Å². The molecule has 0 bridgehead atoms. The summed E-state index contributed by atoms with van der Waals surface area (Å²) in [6.45, 7) is 6.56. The fourth-order valence-corrected chi connectivity index (χ4v) is 1.97. The summed E-state index contributed by atoms with van der Waals surface area (Å²) < 4.78 is 5.55. The van der Waals surface area contributed by atoms with Crippen molar-refractivity contribution in [2.45, 2.75) is 39.3 Å². The van der Waals surface area contributed by atoms with E-state index in [1.54, 1.807) is 6.07 Å². The number of carbonyl (C=O) groups is 1. The Morgan fingerprint density at radius 1 is 1.41 bits per heavy atom. The first kappa shape index (κ1) is 12.2. The number of likely N-dealkylation sites (tertiary alicyclic amines) is 1. The van der Waals surface area contributed by atoms with Gasteiger partial charge in [0.2, 0.25) is 0 Å². The number of amides is 1. The van der Waals surface area contributed by atoms with Crippen molar-refractivity contribution in [1.82, 2.24) is 10.2 Å². The minimum atomic E-state index is 0.0262. The van der Waals surface area contributed by atoms with E-state index in [9.17, 15) is 4.79 Å². The van der Waals surface area contributed by atoms with Crippen molar-refractivity contribution in [3.8, 4) is 0 Å². The Bertz CT molecular complexity index is 379. The maximum absolute atomic E-state index is 12.0. The molecule has 0 spiro atoms. The topological polar surface area (TPSA) is 45.5 Å². The molecular weight excluding hydrogens is 216 g/mol. The summed E-state index contributed by atoms with van der Waals surface area (Å²) in [6, 6.07) is 4.06. The molecule has 94 valence electrons. The lowest BCUT2D eigenvalue weighted by atomic mass is 10.3. The SMILES string of the molecule is CC(C)NCc1ccc(C(=O)N2CCCC2)o1. The monoisotopic (exact) mass is 236 g/mol. The molecular formula is C13H20N2O2. The minimum absolute atomic E-state index is 0.0262. The number of carbonyl (C=O) groups excluding carboxylic acids is 1. The lowest BCUT2D eigenvalue weighted by Crippen LogP contribution is -2.27. The fourth-order valence-electron chi connectivity index (χ4n) is 1.97. The summed E-state index contributed by atoms with van der Waals surface area (Å²) in [6.07, 6.45) is 2.21. The highest BCUT2D eigenvalue weighted by Gasteiger charge is 2.22. The Hall–Kier alpha value is -1.29. The predicted molar refractivity (Wildman–Crippen MR) is 65.8 cm³/mol. The number of hydrogen-bond donors (Lipinski definition) is 1. The summed E-state index contributed by atoms with van der Waals surface area (Å²) in [5, 5.41) is 3.26. The first-order valence-corrected chi connectivity index (χ1v) is 6.28. The molecule has 1 aliphatic rings. The van der Waals surface area contributed by atoms with Crippen LogP contribution in [0.1, 0.15) is 43.0 Å².